The number of benzene rings is 1. The molecule has 0 bridgehead atoms. The van der Waals surface area contributed by atoms with Crippen molar-refractivity contribution in [1.82, 2.24) is 9.97 Å². The molecule has 3 aromatic rings. The number of aryl methyl sites for hydroxylation is 4. The van der Waals surface area contributed by atoms with Gasteiger partial charge in [-0.2, -0.15) is 5.26 Å². The number of thiophene rings is 1. The average molecular weight is 390 g/mol. The van der Waals surface area contributed by atoms with Gasteiger partial charge in [0.2, 0.25) is 0 Å². The number of aromatic amines is 1. The first kappa shape index (κ1) is 18.6. The largest absolute Gasteiger partial charge is 0.305 e. The van der Waals surface area contributed by atoms with Crippen molar-refractivity contribution in [2.24, 2.45) is 5.92 Å². The zero-order valence-electron chi connectivity index (χ0n) is 16.6. The van der Waals surface area contributed by atoms with Crippen LogP contribution in [-0.4, -0.2) is 9.97 Å². The lowest BCUT2D eigenvalue weighted by molar-refractivity contribution is 0.509. The molecule has 4 rings (SSSR count). The van der Waals surface area contributed by atoms with Gasteiger partial charge >= 0.3 is 0 Å². The van der Waals surface area contributed by atoms with Gasteiger partial charge in [0.25, 0.3) is 5.56 Å². The van der Waals surface area contributed by atoms with E-state index >= 15 is 0 Å². The molecule has 0 amide bonds. The summed E-state index contributed by atoms with van der Waals surface area (Å²) in [4.78, 5) is 22.4. The second-order valence-corrected chi connectivity index (χ2v) is 9.01. The monoisotopic (exact) mass is 389 g/mol. The van der Waals surface area contributed by atoms with Gasteiger partial charge in [-0.15, -0.1) is 11.3 Å². The number of nitrogens with one attached hydrogen (secondary N) is 1. The number of fused-ring (bicyclic) bond motifs is 3. The molecular weight excluding hydrogens is 366 g/mol. The average Bonchev–Trinajstić information content (AvgIpc) is 2.98. The predicted molar refractivity (Wildman–Crippen MR) is 116 cm³/mol. The van der Waals surface area contributed by atoms with Crippen LogP contribution >= 0.6 is 11.3 Å². The smallest absolute Gasteiger partial charge is 0.260 e. The summed E-state index contributed by atoms with van der Waals surface area (Å²) in [5.74, 6) is 0.993. The zero-order valence-corrected chi connectivity index (χ0v) is 17.5. The first-order valence-electron chi connectivity index (χ1n) is 9.62. The van der Waals surface area contributed by atoms with Gasteiger partial charge < -0.3 is 4.98 Å². The lowest BCUT2D eigenvalue weighted by atomic mass is 9.89. The molecule has 1 unspecified atom stereocenters. The number of rotatable bonds is 2. The molecule has 0 fully saturated rings. The maximum Gasteiger partial charge on any atom is 0.260 e. The van der Waals surface area contributed by atoms with Crippen LogP contribution in [0.2, 0.25) is 0 Å². The summed E-state index contributed by atoms with van der Waals surface area (Å²) >= 11 is 1.61. The summed E-state index contributed by atoms with van der Waals surface area (Å²) in [5, 5.41) is 10.5. The Balaban J connectivity index is 1.86. The highest BCUT2D eigenvalue weighted by molar-refractivity contribution is 7.18. The molecule has 0 aliphatic heterocycles. The summed E-state index contributed by atoms with van der Waals surface area (Å²) in [5.41, 5.74) is 5.81. The van der Waals surface area contributed by atoms with Gasteiger partial charge in [0.15, 0.2) is 5.82 Å². The number of hydrogen-bond acceptors (Lipinski definition) is 4. The maximum atomic E-state index is 12.8. The Hall–Kier alpha value is -2.71. The third-order valence-corrected chi connectivity index (χ3v) is 6.72. The van der Waals surface area contributed by atoms with Crippen LogP contribution < -0.4 is 5.56 Å². The van der Waals surface area contributed by atoms with Crippen LogP contribution in [0.3, 0.4) is 0 Å². The summed E-state index contributed by atoms with van der Waals surface area (Å²) in [6, 6.07) is 6.43. The zero-order chi connectivity index (χ0) is 20.0. The second kappa shape index (κ2) is 7.03. The van der Waals surface area contributed by atoms with Crippen molar-refractivity contribution >= 4 is 33.2 Å². The van der Waals surface area contributed by atoms with E-state index in [9.17, 15) is 10.1 Å². The van der Waals surface area contributed by atoms with E-state index in [4.69, 9.17) is 0 Å². The van der Waals surface area contributed by atoms with Gasteiger partial charge in [-0.05, 0) is 74.3 Å². The minimum absolute atomic E-state index is 0.134. The van der Waals surface area contributed by atoms with Gasteiger partial charge in [0.1, 0.15) is 10.9 Å². The van der Waals surface area contributed by atoms with E-state index < -0.39 is 0 Å². The van der Waals surface area contributed by atoms with Crippen LogP contribution in [0, 0.1) is 38.0 Å². The van der Waals surface area contributed by atoms with Gasteiger partial charge in [-0.1, -0.05) is 24.6 Å². The quantitative estimate of drug-likeness (QED) is 0.620. The molecule has 1 N–H and O–H groups in total. The summed E-state index contributed by atoms with van der Waals surface area (Å²) in [6.45, 7) is 8.38. The van der Waals surface area contributed by atoms with Gasteiger partial charge in [0.05, 0.1) is 11.0 Å². The molecule has 1 aromatic carbocycles. The first-order chi connectivity index (χ1) is 13.4. The van der Waals surface area contributed by atoms with Crippen molar-refractivity contribution in [3.63, 3.8) is 0 Å². The van der Waals surface area contributed by atoms with E-state index in [1.165, 1.54) is 10.4 Å². The Bertz CT molecular complexity index is 1200. The molecule has 1 atom stereocenters. The molecule has 1 aliphatic rings. The fourth-order valence-electron chi connectivity index (χ4n) is 4.19. The van der Waals surface area contributed by atoms with E-state index in [1.807, 2.05) is 19.9 Å². The number of hydrogen-bond donors (Lipinski definition) is 1. The second-order valence-electron chi connectivity index (χ2n) is 7.93. The van der Waals surface area contributed by atoms with Crippen molar-refractivity contribution < 1.29 is 0 Å². The number of nitrogens with zero attached hydrogens (tertiary/aromatic N) is 2. The lowest BCUT2D eigenvalue weighted by Gasteiger charge is -2.17. The number of allylic oxidation sites excluding steroid dienone is 1. The van der Waals surface area contributed by atoms with Crippen molar-refractivity contribution in [3.05, 3.63) is 61.0 Å². The molecule has 5 heteroatoms. The van der Waals surface area contributed by atoms with Gasteiger partial charge in [-0.25, -0.2) is 4.98 Å². The Morgan fingerprint density at radius 3 is 2.71 bits per heavy atom. The molecule has 0 saturated carbocycles. The van der Waals surface area contributed by atoms with E-state index in [0.29, 0.717) is 17.3 Å². The number of nitriles is 1. The van der Waals surface area contributed by atoms with Crippen LogP contribution in [0.4, 0.5) is 0 Å². The fourth-order valence-corrected chi connectivity index (χ4v) is 5.58. The molecule has 142 valence electrons. The molecule has 2 aromatic heterocycles. The number of aromatic nitrogens is 2. The number of H-pyrrole nitrogens is 1. The van der Waals surface area contributed by atoms with Crippen molar-refractivity contribution in [2.45, 2.75) is 47.0 Å². The van der Waals surface area contributed by atoms with Crippen LogP contribution in [0.25, 0.3) is 21.9 Å². The van der Waals surface area contributed by atoms with Crippen LogP contribution in [0.5, 0.6) is 0 Å². The Morgan fingerprint density at radius 2 is 2.04 bits per heavy atom. The van der Waals surface area contributed by atoms with E-state index in [-0.39, 0.29) is 5.56 Å². The van der Waals surface area contributed by atoms with Gasteiger partial charge in [0, 0.05) is 4.88 Å². The van der Waals surface area contributed by atoms with Crippen molar-refractivity contribution in [1.29, 1.82) is 5.26 Å². The lowest BCUT2D eigenvalue weighted by Crippen LogP contribution is -2.14. The van der Waals surface area contributed by atoms with E-state index in [1.54, 1.807) is 11.3 Å². The van der Waals surface area contributed by atoms with E-state index in [0.717, 1.165) is 51.7 Å². The highest BCUT2D eigenvalue weighted by Gasteiger charge is 2.23. The SMILES string of the molecule is Cc1cc(C)c(C=C(C#N)c2nc3sc4c(c3c(=O)[nH]2)CCC(C)C4)c(C)c1. The Kier molecular flexibility index (Phi) is 4.68. The molecule has 0 saturated heterocycles. The molecule has 0 radical (unpaired) electrons. The van der Waals surface area contributed by atoms with Crippen LogP contribution in [0.1, 0.15) is 51.9 Å². The molecular formula is C23H23N3OS. The fraction of sp³-hybridized carbons (Fsp3) is 0.348. The summed E-state index contributed by atoms with van der Waals surface area (Å²) in [6.07, 6.45) is 4.89. The van der Waals surface area contributed by atoms with Crippen molar-refractivity contribution in [2.75, 3.05) is 0 Å². The normalized spacial score (nSPS) is 16.8. The van der Waals surface area contributed by atoms with Crippen LogP contribution in [-0.2, 0) is 12.8 Å². The standard InChI is InChI=1S/C23H23N3OS/c1-12-5-6-17-19(9-12)28-23-20(17)22(27)25-21(26-23)16(11-24)10-18-14(3)7-13(2)8-15(18)4/h7-8,10,12H,5-6,9H2,1-4H3,(H,25,26,27). The Morgan fingerprint density at radius 1 is 1.32 bits per heavy atom. The maximum absolute atomic E-state index is 12.8. The molecule has 4 nitrogen and oxygen atoms in total. The minimum atomic E-state index is -0.134. The third-order valence-electron chi connectivity index (χ3n) is 5.57. The topological polar surface area (TPSA) is 69.5 Å². The van der Waals surface area contributed by atoms with Gasteiger partial charge in [-0.3, -0.25) is 4.79 Å². The highest BCUT2D eigenvalue weighted by Crippen LogP contribution is 2.36. The Labute approximate surface area is 168 Å². The molecule has 1 aliphatic carbocycles. The predicted octanol–water partition coefficient (Wildman–Crippen LogP) is 5.10. The van der Waals surface area contributed by atoms with E-state index in [2.05, 4.69) is 42.0 Å². The summed E-state index contributed by atoms with van der Waals surface area (Å²) in [7, 11) is 0. The molecule has 28 heavy (non-hydrogen) atoms. The molecule has 2 heterocycles. The summed E-state index contributed by atoms with van der Waals surface area (Å²) < 4.78 is 0. The minimum Gasteiger partial charge on any atom is -0.305 e. The first-order valence-corrected chi connectivity index (χ1v) is 10.4. The van der Waals surface area contributed by atoms with Crippen LogP contribution in [0.15, 0.2) is 16.9 Å². The molecule has 0 spiro atoms. The van der Waals surface area contributed by atoms with Crippen molar-refractivity contribution in [3.8, 4) is 6.07 Å². The third kappa shape index (κ3) is 3.18. The highest BCUT2D eigenvalue weighted by atomic mass is 32.1.